The second kappa shape index (κ2) is 13.5. The molecule has 1 saturated heterocycles. The van der Waals surface area contributed by atoms with Crippen molar-refractivity contribution < 1.29 is 28.9 Å². The van der Waals surface area contributed by atoms with Crippen LogP contribution in [-0.2, 0) is 9.53 Å². The predicted octanol–water partition coefficient (Wildman–Crippen LogP) is 5.39. The lowest BCUT2D eigenvalue weighted by atomic mass is 9.86. The lowest BCUT2D eigenvalue weighted by molar-refractivity contribution is -0.133. The van der Waals surface area contributed by atoms with E-state index >= 15 is 0 Å². The Morgan fingerprint density at radius 1 is 1.07 bits per heavy atom. The number of methoxy groups -OCH3 is 2. The minimum atomic E-state index is -2.36. The summed E-state index contributed by atoms with van der Waals surface area (Å²) in [6.45, 7) is 7.38. The van der Waals surface area contributed by atoms with E-state index in [4.69, 9.17) is 14.2 Å². The van der Waals surface area contributed by atoms with E-state index in [1.54, 1.807) is 26.4 Å². The van der Waals surface area contributed by atoms with Gasteiger partial charge in [-0.1, -0.05) is 55.5 Å². The number of carbonyl (C=O) groups is 2. The Bertz CT molecular complexity index is 1450. The molecular formula is C35H44N2O6Si. The molecule has 5 atom stereocenters. The Labute approximate surface area is 261 Å². The monoisotopic (exact) mass is 616 g/mol. The average Bonchev–Trinajstić information content (AvgIpc) is 3.53. The van der Waals surface area contributed by atoms with Gasteiger partial charge in [-0.05, 0) is 55.3 Å². The third kappa shape index (κ3) is 6.41. The van der Waals surface area contributed by atoms with Crippen LogP contribution in [0, 0.1) is 5.92 Å². The zero-order valence-electron chi connectivity index (χ0n) is 26.3. The number of rotatable bonds is 10. The van der Waals surface area contributed by atoms with Crippen LogP contribution in [0.2, 0.25) is 18.6 Å². The first-order valence-corrected chi connectivity index (χ1v) is 18.5. The van der Waals surface area contributed by atoms with Crippen molar-refractivity contribution in [2.75, 3.05) is 32.7 Å². The highest BCUT2D eigenvalue weighted by Crippen LogP contribution is 2.48. The van der Waals surface area contributed by atoms with Gasteiger partial charge in [-0.25, -0.2) is 0 Å². The summed E-state index contributed by atoms with van der Waals surface area (Å²) < 4.78 is 18.4. The van der Waals surface area contributed by atoms with Crippen LogP contribution < -0.4 is 20.0 Å². The molecule has 44 heavy (non-hydrogen) atoms. The van der Waals surface area contributed by atoms with Crippen molar-refractivity contribution in [2.45, 2.75) is 63.1 Å². The topological polar surface area (TPSA) is 97.3 Å². The second-order valence-electron chi connectivity index (χ2n) is 12.5. The summed E-state index contributed by atoms with van der Waals surface area (Å²) in [7, 11) is 1.00. The van der Waals surface area contributed by atoms with Crippen LogP contribution in [0.4, 0.5) is 5.69 Å². The molecule has 234 valence electrons. The predicted molar refractivity (Wildman–Crippen MR) is 174 cm³/mol. The lowest BCUT2D eigenvalue weighted by Gasteiger charge is -2.46. The third-order valence-electron chi connectivity index (χ3n) is 9.58. The highest BCUT2D eigenvalue weighted by atomic mass is 28.3. The summed E-state index contributed by atoms with van der Waals surface area (Å²) in [5, 5.41) is 14.2. The van der Waals surface area contributed by atoms with E-state index in [0.717, 1.165) is 24.2 Å². The number of carbonyl (C=O) groups excluding carboxylic acids is 2. The van der Waals surface area contributed by atoms with Crippen LogP contribution in [0.15, 0.2) is 72.8 Å². The maximum absolute atomic E-state index is 13.9. The first kappa shape index (κ1) is 31.8. The molecule has 3 aromatic carbocycles. The number of likely N-dealkylation sites (tertiary alicyclic amines) is 1. The highest BCUT2D eigenvalue weighted by molar-refractivity contribution is 6.91. The number of anilines is 1. The Morgan fingerprint density at radius 3 is 2.45 bits per heavy atom. The van der Waals surface area contributed by atoms with Crippen LogP contribution in [0.3, 0.4) is 0 Å². The molecule has 2 amide bonds. The van der Waals surface area contributed by atoms with Crippen molar-refractivity contribution in [1.82, 2.24) is 4.90 Å². The zero-order chi connectivity index (χ0) is 31.4. The van der Waals surface area contributed by atoms with E-state index in [1.807, 2.05) is 53.4 Å². The molecule has 1 fully saturated rings. The molecule has 0 spiro atoms. The molecule has 2 aliphatic heterocycles. The summed E-state index contributed by atoms with van der Waals surface area (Å²) in [4.78, 5) is 28.6. The number of hydrogen-bond donors (Lipinski definition) is 2. The van der Waals surface area contributed by atoms with E-state index in [2.05, 4.69) is 37.5 Å². The molecule has 0 aliphatic carbocycles. The van der Waals surface area contributed by atoms with Crippen LogP contribution in [0.5, 0.6) is 11.5 Å². The zero-order valence-corrected chi connectivity index (χ0v) is 27.3. The number of ether oxygens (including phenoxy) is 3. The van der Waals surface area contributed by atoms with E-state index in [9.17, 15) is 14.7 Å². The fraction of sp³-hybridized carbons (Fsp3) is 0.429. The van der Waals surface area contributed by atoms with Crippen molar-refractivity contribution in [2.24, 2.45) is 5.92 Å². The number of nitrogens with one attached hydrogen (secondary N) is 1. The van der Waals surface area contributed by atoms with Gasteiger partial charge in [0.1, 0.15) is 17.6 Å². The summed E-state index contributed by atoms with van der Waals surface area (Å²) in [5.74, 6) is 1.29. The third-order valence-corrected chi connectivity index (χ3v) is 13.8. The smallest absolute Gasteiger partial charge is 0.255 e. The quantitative estimate of drug-likeness (QED) is 0.297. The minimum Gasteiger partial charge on any atom is -0.497 e. The molecule has 0 radical (unpaired) electrons. The average molecular weight is 617 g/mol. The maximum Gasteiger partial charge on any atom is 0.255 e. The van der Waals surface area contributed by atoms with Gasteiger partial charge >= 0.3 is 0 Å². The van der Waals surface area contributed by atoms with Gasteiger partial charge in [0, 0.05) is 48.3 Å². The fourth-order valence-electron chi connectivity index (χ4n) is 6.92. The Hall–Kier alpha value is -3.66. The minimum absolute atomic E-state index is 0.0195. The van der Waals surface area contributed by atoms with Crippen molar-refractivity contribution in [1.29, 1.82) is 0 Å². The fourth-order valence-corrected chi connectivity index (χ4v) is 10.3. The number of nitrogens with zero attached hydrogens (tertiary/aromatic N) is 1. The molecule has 3 aromatic rings. The maximum atomic E-state index is 13.9. The van der Waals surface area contributed by atoms with E-state index in [1.165, 1.54) is 5.19 Å². The Morgan fingerprint density at radius 2 is 1.80 bits per heavy atom. The van der Waals surface area contributed by atoms with Crippen molar-refractivity contribution in [3.8, 4) is 11.5 Å². The van der Waals surface area contributed by atoms with Gasteiger partial charge in [-0.3, -0.25) is 9.59 Å². The number of amides is 2. The van der Waals surface area contributed by atoms with E-state index in [-0.39, 0.29) is 48.1 Å². The Balaban J connectivity index is 1.48. The number of benzene rings is 3. The molecule has 0 bridgehead atoms. The molecule has 0 aromatic heterocycles. The summed E-state index contributed by atoms with van der Waals surface area (Å²) in [6, 6.07) is 22.9. The normalized spacial score (nSPS) is 22.1. The van der Waals surface area contributed by atoms with Crippen LogP contribution in [-0.4, -0.2) is 69.4 Å². The molecule has 1 unspecified atom stereocenters. The summed E-state index contributed by atoms with van der Waals surface area (Å²) >= 11 is 0. The van der Waals surface area contributed by atoms with Crippen LogP contribution in [0.25, 0.3) is 0 Å². The summed E-state index contributed by atoms with van der Waals surface area (Å²) in [5.41, 5.74) is 2.04. The second-order valence-corrected chi connectivity index (χ2v) is 17.3. The van der Waals surface area contributed by atoms with Gasteiger partial charge in [0.25, 0.3) is 5.91 Å². The molecular weight excluding hydrogens is 572 g/mol. The molecule has 5 rings (SSSR count). The Kier molecular flexibility index (Phi) is 9.77. The van der Waals surface area contributed by atoms with Gasteiger partial charge in [-0.15, -0.1) is 0 Å². The number of fused-ring (bicyclic) bond motifs is 1. The molecule has 2 N–H and O–H groups in total. The largest absolute Gasteiger partial charge is 0.497 e. The van der Waals surface area contributed by atoms with Crippen LogP contribution >= 0.6 is 0 Å². The lowest BCUT2D eigenvalue weighted by Crippen LogP contribution is -2.55. The standard InChI is InChI=1S/C35H44N2O6Si/c1-23-33(42-3)29-20-25(36-35(40)24-10-7-6-8-11-24)13-18-30(29)43-34(23)31(21-32(39)37-19-9-12-26(37)22-38)44(4,5)28-16-14-27(41-2)15-17-28/h6-8,10-11,13-18,20,23,26,31,33-34,38H,9,12,19,21-22H2,1-5H3,(H,36,40)/t23-,26+,31?,33-,34-/m1/s1. The molecule has 0 saturated carbocycles. The molecule has 2 heterocycles. The van der Waals surface area contributed by atoms with Gasteiger partial charge in [0.05, 0.1) is 33.9 Å². The number of aliphatic hydroxyl groups is 1. The first-order valence-electron chi connectivity index (χ1n) is 15.4. The van der Waals surface area contributed by atoms with Gasteiger partial charge < -0.3 is 29.5 Å². The first-order chi connectivity index (χ1) is 21.2. The van der Waals surface area contributed by atoms with Crippen LogP contribution in [0.1, 0.15) is 48.2 Å². The van der Waals surface area contributed by atoms with Gasteiger partial charge in [0.15, 0.2) is 0 Å². The van der Waals surface area contributed by atoms with E-state index in [0.29, 0.717) is 30.0 Å². The summed E-state index contributed by atoms with van der Waals surface area (Å²) in [6.07, 6.45) is 1.46. The number of aliphatic hydroxyl groups excluding tert-OH is 1. The van der Waals surface area contributed by atoms with Crippen molar-refractivity contribution in [3.63, 3.8) is 0 Å². The van der Waals surface area contributed by atoms with E-state index < -0.39 is 8.07 Å². The van der Waals surface area contributed by atoms with Crippen molar-refractivity contribution >= 4 is 30.8 Å². The molecule has 8 nitrogen and oxygen atoms in total. The highest BCUT2D eigenvalue weighted by Gasteiger charge is 2.48. The number of hydrogen-bond acceptors (Lipinski definition) is 6. The van der Waals surface area contributed by atoms with Gasteiger partial charge in [0.2, 0.25) is 5.91 Å². The molecule has 9 heteroatoms. The van der Waals surface area contributed by atoms with Crippen molar-refractivity contribution in [3.05, 3.63) is 83.9 Å². The molecule has 2 aliphatic rings. The van der Waals surface area contributed by atoms with Gasteiger partial charge in [-0.2, -0.15) is 0 Å². The SMILES string of the molecule is COc1ccc([Si](C)(C)C(CC(=O)N2CCC[C@H]2CO)[C@@H]2Oc3ccc(NC(=O)c4ccccc4)cc3[C@H](OC)[C@H]2C)cc1.